The SMILES string of the molecule is CCCCCNC(=O)c1ccnc(Nc2ccc(N(CC)CC)cc2)c1. The highest BCUT2D eigenvalue weighted by atomic mass is 16.1. The molecule has 0 atom stereocenters. The molecule has 0 bridgehead atoms. The number of unbranched alkanes of at least 4 members (excludes halogenated alkanes) is 2. The van der Waals surface area contributed by atoms with E-state index < -0.39 is 0 Å². The van der Waals surface area contributed by atoms with Crippen LogP contribution < -0.4 is 15.5 Å². The van der Waals surface area contributed by atoms with E-state index in [0.29, 0.717) is 17.9 Å². The summed E-state index contributed by atoms with van der Waals surface area (Å²) in [6.07, 6.45) is 4.95. The number of anilines is 3. The number of carbonyl (C=O) groups is 1. The van der Waals surface area contributed by atoms with E-state index in [1.165, 1.54) is 5.69 Å². The van der Waals surface area contributed by atoms with Gasteiger partial charge in [0.2, 0.25) is 0 Å². The monoisotopic (exact) mass is 354 g/mol. The number of amides is 1. The Balaban J connectivity index is 1.98. The Bertz CT molecular complexity index is 681. The van der Waals surface area contributed by atoms with E-state index in [0.717, 1.165) is 38.0 Å². The maximum atomic E-state index is 12.2. The lowest BCUT2D eigenvalue weighted by molar-refractivity contribution is 0.0953. The highest BCUT2D eigenvalue weighted by Gasteiger charge is 2.07. The van der Waals surface area contributed by atoms with Crippen molar-refractivity contribution in [2.45, 2.75) is 40.0 Å². The molecule has 0 fully saturated rings. The standard InChI is InChI=1S/C21H30N4O/c1-4-7-8-14-23-21(26)17-13-15-22-20(16-17)24-18-9-11-19(12-10-18)25(5-2)6-3/h9-13,15-16H,4-8,14H2,1-3H3,(H,22,24)(H,23,26). The van der Waals surface area contributed by atoms with E-state index in [2.05, 4.69) is 53.4 Å². The van der Waals surface area contributed by atoms with Gasteiger partial charge in [-0.3, -0.25) is 4.79 Å². The maximum absolute atomic E-state index is 12.2. The molecule has 5 nitrogen and oxygen atoms in total. The second-order valence-corrected chi connectivity index (χ2v) is 6.24. The smallest absolute Gasteiger partial charge is 0.251 e. The van der Waals surface area contributed by atoms with Crippen LogP contribution >= 0.6 is 0 Å². The number of hydrogen-bond donors (Lipinski definition) is 2. The molecular formula is C21H30N4O. The number of benzene rings is 1. The van der Waals surface area contributed by atoms with E-state index in [9.17, 15) is 4.79 Å². The number of nitrogens with zero attached hydrogens (tertiary/aromatic N) is 2. The Morgan fingerprint density at radius 3 is 2.42 bits per heavy atom. The van der Waals surface area contributed by atoms with Gasteiger partial charge in [-0.05, 0) is 56.7 Å². The first-order valence-corrected chi connectivity index (χ1v) is 9.54. The van der Waals surface area contributed by atoms with Gasteiger partial charge in [0.1, 0.15) is 5.82 Å². The van der Waals surface area contributed by atoms with Gasteiger partial charge < -0.3 is 15.5 Å². The minimum absolute atomic E-state index is 0.0524. The lowest BCUT2D eigenvalue weighted by atomic mass is 10.2. The highest BCUT2D eigenvalue weighted by Crippen LogP contribution is 2.20. The lowest BCUT2D eigenvalue weighted by Crippen LogP contribution is -2.24. The molecule has 140 valence electrons. The van der Waals surface area contributed by atoms with Crippen LogP contribution in [0.4, 0.5) is 17.2 Å². The molecule has 2 rings (SSSR count). The van der Waals surface area contributed by atoms with Crippen molar-refractivity contribution < 1.29 is 4.79 Å². The maximum Gasteiger partial charge on any atom is 0.251 e. The Kier molecular flexibility index (Phi) is 7.93. The van der Waals surface area contributed by atoms with Gasteiger partial charge in [-0.25, -0.2) is 4.98 Å². The fourth-order valence-corrected chi connectivity index (χ4v) is 2.81. The van der Waals surface area contributed by atoms with Gasteiger partial charge in [0.25, 0.3) is 5.91 Å². The number of rotatable bonds is 10. The van der Waals surface area contributed by atoms with E-state index in [4.69, 9.17) is 0 Å². The third kappa shape index (κ3) is 5.76. The molecule has 5 heteroatoms. The second-order valence-electron chi connectivity index (χ2n) is 6.24. The third-order valence-corrected chi connectivity index (χ3v) is 4.36. The summed E-state index contributed by atoms with van der Waals surface area (Å²) in [5.74, 6) is 0.616. The van der Waals surface area contributed by atoms with Gasteiger partial charge in [0.05, 0.1) is 0 Å². The predicted molar refractivity (Wildman–Crippen MR) is 109 cm³/mol. The molecule has 2 aromatic rings. The zero-order valence-corrected chi connectivity index (χ0v) is 16.1. The van der Waals surface area contributed by atoms with Crippen LogP contribution in [-0.2, 0) is 0 Å². The first-order valence-electron chi connectivity index (χ1n) is 9.54. The molecule has 2 N–H and O–H groups in total. The molecule has 0 radical (unpaired) electrons. The topological polar surface area (TPSA) is 57.3 Å². The molecule has 26 heavy (non-hydrogen) atoms. The number of carbonyl (C=O) groups excluding carboxylic acids is 1. The van der Waals surface area contributed by atoms with Crippen LogP contribution in [0.5, 0.6) is 0 Å². The van der Waals surface area contributed by atoms with E-state index in [-0.39, 0.29) is 5.91 Å². The van der Waals surface area contributed by atoms with Crippen LogP contribution in [0.1, 0.15) is 50.4 Å². The second kappa shape index (κ2) is 10.4. The molecule has 1 aromatic heterocycles. The van der Waals surface area contributed by atoms with Crippen molar-refractivity contribution in [1.82, 2.24) is 10.3 Å². The molecule has 0 aliphatic carbocycles. The molecule has 0 saturated carbocycles. The van der Waals surface area contributed by atoms with Crippen molar-refractivity contribution in [2.24, 2.45) is 0 Å². The average molecular weight is 354 g/mol. The van der Waals surface area contributed by atoms with Gasteiger partial charge in [0.15, 0.2) is 0 Å². The van der Waals surface area contributed by atoms with E-state index >= 15 is 0 Å². The van der Waals surface area contributed by atoms with Crippen molar-refractivity contribution in [1.29, 1.82) is 0 Å². The molecule has 0 aliphatic rings. The average Bonchev–Trinajstić information content (AvgIpc) is 2.67. The minimum atomic E-state index is -0.0524. The van der Waals surface area contributed by atoms with E-state index in [1.807, 2.05) is 12.1 Å². The largest absolute Gasteiger partial charge is 0.372 e. The summed E-state index contributed by atoms with van der Waals surface area (Å²) in [4.78, 5) is 18.8. The van der Waals surface area contributed by atoms with Crippen LogP contribution in [0.25, 0.3) is 0 Å². The lowest BCUT2D eigenvalue weighted by Gasteiger charge is -2.21. The molecule has 0 aliphatic heterocycles. The van der Waals surface area contributed by atoms with Crippen LogP contribution in [0.2, 0.25) is 0 Å². The zero-order valence-electron chi connectivity index (χ0n) is 16.1. The van der Waals surface area contributed by atoms with Crippen LogP contribution in [0, 0.1) is 0 Å². The Hall–Kier alpha value is -2.56. The van der Waals surface area contributed by atoms with Gasteiger partial charge in [-0.15, -0.1) is 0 Å². The van der Waals surface area contributed by atoms with Crippen molar-refractivity contribution in [3.05, 3.63) is 48.2 Å². The summed E-state index contributed by atoms with van der Waals surface area (Å²) in [7, 11) is 0. The van der Waals surface area contributed by atoms with Gasteiger partial charge in [-0.1, -0.05) is 19.8 Å². The number of aromatic nitrogens is 1. The molecular weight excluding hydrogens is 324 g/mol. The summed E-state index contributed by atoms with van der Waals surface area (Å²) >= 11 is 0. The molecule has 1 amide bonds. The van der Waals surface area contributed by atoms with Crippen LogP contribution in [-0.4, -0.2) is 30.5 Å². The van der Waals surface area contributed by atoms with Crippen molar-refractivity contribution in [3.63, 3.8) is 0 Å². The fourth-order valence-electron chi connectivity index (χ4n) is 2.81. The summed E-state index contributed by atoms with van der Waals surface area (Å²) in [6.45, 7) is 9.14. The van der Waals surface area contributed by atoms with Crippen molar-refractivity contribution in [3.8, 4) is 0 Å². The summed E-state index contributed by atoms with van der Waals surface area (Å²) < 4.78 is 0. The van der Waals surface area contributed by atoms with Crippen LogP contribution in [0.3, 0.4) is 0 Å². The Morgan fingerprint density at radius 2 is 1.77 bits per heavy atom. The van der Waals surface area contributed by atoms with Crippen LogP contribution in [0.15, 0.2) is 42.6 Å². The molecule has 0 unspecified atom stereocenters. The molecule has 0 saturated heterocycles. The highest BCUT2D eigenvalue weighted by molar-refractivity contribution is 5.94. The van der Waals surface area contributed by atoms with Gasteiger partial charge in [0, 0.05) is 42.8 Å². The predicted octanol–water partition coefficient (Wildman–Crippen LogP) is 4.59. The molecule has 1 heterocycles. The molecule has 1 aromatic carbocycles. The first-order chi connectivity index (χ1) is 12.7. The summed E-state index contributed by atoms with van der Waals surface area (Å²) in [6, 6.07) is 11.8. The quantitative estimate of drug-likeness (QED) is 0.613. The summed E-state index contributed by atoms with van der Waals surface area (Å²) in [5.41, 5.74) is 2.78. The van der Waals surface area contributed by atoms with Crippen molar-refractivity contribution in [2.75, 3.05) is 29.9 Å². The normalized spacial score (nSPS) is 10.4. The van der Waals surface area contributed by atoms with E-state index in [1.54, 1.807) is 18.3 Å². The fraction of sp³-hybridized carbons (Fsp3) is 0.429. The minimum Gasteiger partial charge on any atom is -0.372 e. The number of pyridine rings is 1. The van der Waals surface area contributed by atoms with Gasteiger partial charge >= 0.3 is 0 Å². The number of nitrogens with one attached hydrogen (secondary N) is 2. The molecule has 0 spiro atoms. The first kappa shape index (κ1) is 19.8. The van der Waals surface area contributed by atoms with Crippen molar-refractivity contribution >= 4 is 23.1 Å². The third-order valence-electron chi connectivity index (χ3n) is 4.36. The Morgan fingerprint density at radius 1 is 1.04 bits per heavy atom. The zero-order chi connectivity index (χ0) is 18.8. The Labute approximate surface area is 156 Å². The van der Waals surface area contributed by atoms with Gasteiger partial charge in [-0.2, -0.15) is 0 Å². The number of hydrogen-bond acceptors (Lipinski definition) is 4. The summed E-state index contributed by atoms with van der Waals surface area (Å²) in [5, 5.41) is 6.23.